The lowest BCUT2D eigenvalue weighted by Crippen LogP contribution is -2.09. The second kappa shape index (κ2) is 2.66. The lowest BCUT2D eigenvalue weighted by molar-refractivity contribution is 0.315. The molecule has 3 nitrogen and oxygen atoms in total. The molecule has 1 heterocycles. The van der Waals surface area contributed by atoms with Crippen LogP contribution in [0, 0.1) is 6.92 Å². The summed E-state index contributed by atoms with van der Waals surface area (Å²) in [5.74, 6) is 1.67. The Hall–Kier alpha value is -1.25. The van der Waals surface area contributed by atoms with Crippen LogP contribution in [0.4, 0.5) is 0 Å². The molecule has 1 aliphatic rings. The molecule has 0 unspecified atom stereocenters. The maximum atomic E-state index is 8.68. The maximum Gasteiger partial charge on any atom is 0.155 e. The summed E-state index contributed by atoms with van der Waals surface area (Å²) >= 11 is 0. The van der Waals surface area contributed by atoms with Crippen molar-refractivity contribution in [1.82, 2.24) is 0 Å². The van der Waals surface area contributed by atoms with Gasteiger partial charge in [0.25, 0.3) is 0 Å². The molecule has 64 valence electrons. The highest BCUT2D eigenvalue weighted by atomic mass is 16.4. The van der Waals surface area contributed by atoms with E-state index < -0.39 is 0 Å². The van der Waals surface area contributed by atoms with Crippen LogP contribution in [-0.2, 0) is 6.42 Å². The molecule has 0 aromatic carbocycles. The van der Waals surface area contributed by atoms with Crippen LogP contribution in [0.15, 0.2) is 15.6 Å². The average molecular weight is 165 g/mol. The van der Waals surface area contributed by atoms with E-state index in [9.17, 15) is 0 Å². The van der Waals surface area contributed by atoms with Gasteiger partial charge in [-0.1, -0.05) is 5.16 Å². The predicted octanol–water partition coefficient (Wildman–Crippen LogP) is 2.10. The van der Waals surface area contributed by atoms with Crippen molar-refractivity contribution in [3.63, 3.8) is 0 Å². The van der Waals surface area contributed by atoms with Crippen LogP contribution in [0.25, 0.3) is 0 Å². The Morgan fingerprint density at radius 3 is 3.08 bits per heavy atom. The van der Waals surface area contributed by atoms with Gasteiger partial charge >= 0.3 is 0 Å². The van der Waals surface area contributed by atoms with Crippen LogP contribution in [0.1, 0.15) is 29.9 Å². The average Bonchev–Trinajstić information content (AvgIpc) is 2.44. The topological polar surface area (TPSA) is 45.7 Å². The van der Waals surface area contributed by atoms with Crippen molar-refractivity contribution >= 4 is 5.71 Å². The molecule has 3 heteroatoms. The molecule has 12 heavy (non-hydrogen) atoms. The van der Waals surface area contributed by atoms with Gasteiger partial charge in [0.15, 0.2) is 5.76 Å². The third-order valence-corrected chi connectivity index (χ3v) is 2.17. The summed E-state index contributed by atoms with van der Waals surface area (Å²) in [6.07, 6.45) is 2.90. The van der Waals surface area contributed by atoms with Crippen molar-refractivity contribution < 1.29 is 9.62 Å². The van der Waals surface area contributed by atoms with E-state index in [1.165, 1.54) is 5.56 Å². The van der Waals surface area contributed by atoms with E-state index in [2.05, 4.69) is 5.16 Å². The van der Waals surface area contributed by atoms with Crippen LogP contribution in [0.3, 0.4) is 0 Å². The molecule has 0 atom stereocenters. The molecule has 0 aliphatic heterocycles. The summed E-state index contributed by atoms with van der Waals surface area (Å²) in [6, 6.07) is 2.01. The van der Waals surface area contributed by atoms with Crippen molar-refractivity contribution in [2.24, 2.45) is 5.16 Å². The largest absolute Gasteiger partial charge is 0.460 e. The molecule has 0 spiro atoms. The number of oxime groups is 1. The van der Waals surface area contributed by atoms with Crippen molar-refractivity contribution in [2.45, 2.75) is 26.2 Å². The number of furan rings is 1. The minimum atomic E-state index is 0.685. The van der Waals surface area contributed by atoms with Gasteiger partial charge in [0, 0.05) is 5.56 Å². The molecule has 0 amide bonds. The van der Waals surface area contributed by atoms with Gasteiger partial charge in [-0.2, -0.15) is 0 Å². The summed E-state index contributed by atoms with van der Waals surface area (Å²) in [5.41, 5.74) is 1.86. The zero-order valence-electron chi connectivity index (χ0n) is 7.00. The summed E-state index contributed by atoms with van der Waals surface area (Å²) < 4.78 is 5.42. The fraction of sp³-hybridized carbons (Fsp3) is 0.444. The number of hydrogen-bond acceptors (Lipinski definition) is 3. The second-order valence-electron chi connectivity index (χ2n) is 3.11. The minimum absolute atomic E-state index is 0.685. The van der Waals surface area contributed by atoms with Crippen LogP contribution in [0.2, 0.25) is 0 Å². The molecular weight excluding hydrogens is 154 g/mol. The normalized spacial score (nSPS) is 19.6. The second-order valence-corrected chi connectivity index (χ2v) is 3.11. The lowest BCUT2D eigenvalue weighted by atomic mass is 9.97. The highest BCUT2D eigenvalue weighted by Crippen LogP contribution is 2.24. The van der Waals surface area contributed by atoms with E-state index >= 15 is 0 Å². The number of fused-ring (bicyclic) bond motifs is 1. The Morgan fingerprint density at radius 2 is 2.33 bits per heavy atom. The zero-order valence-corrected chi connectivity index (χ0v) is 7.00. The molecule has 1 N–H and O–H groups in total. The first-order valence-corrected chi connectivity index (χ1v) is 4.12. The summed E-state index contributed by atoms with van der Waals surface area (Å²) in [7, 11) is 0. The number of hydrogen-bond donors (Lipinski definition) is 1. The van der Waals surface area contributed by atoms with E-state index in [1.807, 2.05) is 13.0 Å². The van der Waals surface area contributed by atoms with Crippen LogP contribution in [-0.4, -0.2) is 10.9 Å². The molecule has 1 aromatic heterocycles. The van der Waals surface area contributed by atoms with Gasteiger partial charge in [-0.3, -0.25) is 0 Å². The zero-order chi connectivity index (χ0) is 8.55. The van der Waals surface area contributed by atoms with Crippen LogP contribution >= 0.6 is 0 Å². The number of nitrogens with zero attached hydrogens (tertiary/aromatic N) is 1. The van der Waals surface area contributed by atoms with E-state index in [0.717, 1.165) is 30.8 Å². The first-order valence-electron chi connectivity index (χ1n) is 4.12. The van der Waals surface area contributed by atoms with Crippen molar-refractivity contribution in [1.29, 1.82) is 0 Å². The monoisotopic (exact) mass is 165 g/mol. The first kappa shape index (κ1) is 7.40. The first-order chi connectivity index (χ1) is 5.81. The Bertz CT molecular complexity index is 325. The van der Waals surface area contributed by atoms with Gasteiger partial charge in [0.05, 0.1) is 0 Å². The van der Waals surface area contributed by atoms with Gasteiger partial charge in [0.1, 0.15) is 11.5 Å². The van der Waals surface area contributed by atoms with Crippen molar-refractivity contribution in [2.75, 3.05) is 0 Å². The standard InChI is InChI=1S/C9H11NO2/c1-6-5-7-3-2-4-8(10-11)9(7)12-6/h5,11H,2-4H2,1H3/b10-8+. The van der Waals surface area contributed by atoms with E-state index in [1.54, 1.807) is 0 Å². The summed E-state index contributed by atoms with van der Waals surface area (Å²) in [6.45, 7) is 1.91. The highest BCUT2D eigenvalue weighted by molar-refractivity contribution is 5.99. The van der Waals surface area contributed by atoms with E-state index in [-0.39, 0.29) is 0 Å². The molecule has 1 aromatic rings. The predicted molar refractivity (Wildman–Crippen MR) is 44.7 cm³/mol. The fourth-order valence-corrected chi connectivity index (χ4v) is 1.65. The molecule has 1 aliphatic carbocycles. The molecule has 0 radical (unpaired) electrons. The lowest BCUT2D eigenvalue weighted by Gasteiger charge is -2.09. The number of rotatable bonds is 0. The van der Waals surface area contributed by atoms with E-state index in [4.69, 9.17) is 9.62 Å². The SMILES string of the molecule is Cc1cc2c(o1)/C(=N/O)CCC2. The minimum Gasteiger partial charge on any atom is -0.460 e. The molecule has 2 rings (SSSR count). The summed E-state index contributed by atoms with van der Waals surface area (Å²) in [4.78, 5) is 0. The van der Waals surface area contributed by atoms with Crippen LogP contribution in [0.5, 0.6) is 0 Å². The highest BCUT2D eigenvalue weighted by Gasteiger charge is 2.20. The van der Waals surface area contributed by atoms with Gasteiger partial charge in [0.2, 0.25) is 0 Å². The smallest absolute Gasteiger partial charge is 0.155 e. The number of aryl methyl sites for hydroxylation is 2. The Balaban J connectivity index is 2.50. The molecule has 0 saturated carbocycles. The third kappa shape index (κ3) is 1.02. The Kier molecular flexibility index (Phi) is 1.64. The van der Waals surface area contributed by atoms with Gasteiger partial charge in [-0.25, -0.2) is 0 Å². The third-order valence-electron chi connectivity index (χ3n) is 2.17. The van der Waals surface area contributed by atoms with Crippen molar-refractivity contribution in [3.8, 4) is 0 Å². The Labute approximate surface area is 70.7 Å². The Morgan fingerprint density at radius 1 is 1.50 bits per heavy atom. The van der Waals surface area contributed by atoms with E-state index in [0.29, 0.717) is 5.71 Å². The van der Waals surface area contributed by atoms with Gasteiger partial charge in [-0.05, 0) is 32.3 Å². The molecular formula is C9H11NO2. The quantitative estimate of drug-likeness (QED) is 0.472. The molecule has 0 bridgehead atoms. The fourth-order valence-electron chi connectivity index (χ4n) is 1.65. The molecule has 0 saturated heterocycles. The molecule has 0 fully saturated rings. The van der Waals surface area contributed by atoms with Crippen molar-refractivity contribution in [3.05, 3.63) is 23.2 Å². The summed E-state index contributed by atoms with van der Waals surface area (Å²) in [5, 5.41) is 11.9. The maximum absolute atomic E-state index is 8.68. The van der Waals surface area contributed by atoms with Gasteiger partial charge < -0.3 is 9.62 Å². The van der Waals surface area contributed by atoms with Crippen LogP contribution < -0.4 is 0 Å². The van der Waals surface area contributed by atoms with Gasteiger partial charge in [-0.15, -0.1) is 0 Å².